The van der Waals surface area contributed by atoms with Gasteiger partial charge in [-0.2, -0.15) is 5.26 Å². The van der Waals surface area contributed by atoms with E-state index in [9.17, 15) is 0 Å². The molecular formula is C12H16N2S. The fraction of sp³-hybridized carbons (Fsp3) is 0.417. The van der Waals surface area contributed by atoms with Crippen molar-refractivity contribution in [2.24, 2.45) is 0 Å². The van der Waals surface area contributed by atoms with Crippen LogP contribution in [0.4, 0.5) is 0 Å². The predicted octanol–water partition coefficient (Wildman–Crippen LogP) is 2.78. The van der Waals surface area contributed by atoms with Crippen LogP contribution in [0.5, 0.6) is 0 Å². The molecule has 15 heavy (non-hydrogen) atoms. The average molecular weight is 220 g/mol. The largest absolute Gasteiger partial charge is 0.316 e. The van der Waals surface area contributed by atoms with Gasteiger partial charge in [-0.05, 0) is 36.9 Å². The fourth-order valence-corrected chi connectivity index (χ4v) is 2.16. The third kappa shape index (κ3) is 3.58. The Morgan fingerprint density at radius 3 is 2.87 bits per heavy atom. The number of nitrogens with zero attached hydrogens (tertiary/aromatic N) is 1. The van der Waals surface area contributed by atoms with Crippen LogP contribution in [0.15, 0.2) is 23.1 Å². The molecule has 0 amide bonds. The minimum atomic E-state index is 0.793. The highest BCUT2D eigenvalue weighted by Crippen LogP contribution is 2.23. The maximum atomic E-state index is 9.03. The summed E-state index contributed by atoms with van der Waals surface area (Å²) in [5.74, 6) is 1.07. The van der Waals surface area contributed by atoms with Crippen molar-refractivity contribution in [2.45, 2.75) is 24.8 Å². The zero-order valence-corrected chi connectivity index (χ0v) is 10.0. The molecule has 0 aromatic heterocycles. The Hall–Kier alpha value is -0.980. The van der Waals surface area contributed by atoms with Crippen molar-refractivity contribution in [2.75, 3.05) is 12.8 Å². The highest BCUT2D eigenvalue weighted by atomic mass is 32.2. The van der Waals surface area contributed by atoms with E-state index in [1.54, 1.807) is 11.8 Å². The minimum absolute atomic E-state index is 0.793. The van der Waals surface area contributed by atoms with Crippen LogP contribution < -0.4 is 5.32 Å². The maximum Gasteiger partial charge on any atom is 0.100 e. The molecule has 0 saturated heterocycles. The minimum Gasteiger partial charge on any atom is -0.316 e. The number of nitrogens with one attached hydrogen (secondary N) is 1. The Morgan fingerprint density at radius 2 is 2.27 bits per heavy atom. The zero-order valence-electron chi connectivity index (χ0n) is 9.21. The van der Waals surface area contributed by atoms with E-state index in [1.807, 2.05) is 19.2 Å². The van der Waals surface area contributed by atoms with Gasteiger partial charge in [-0.25, -0.2) is 0 Å². The lowest BCUT2D eigenvalue weighted by Gasteiger charge is -2.05. The van der Waals surface area contributed by atoms with Crippen LogP contribution in [-0.4, -0.2) is 12.8 Å². The Kier molecular flexibility index (Phi) is 5.23. The van der Waals surface area contributed by atoms with Crippen molar-refractivity contribution in [3.8, 4) is 6.07 Å². The van der Waals surface area contributed by atoms with Crippen LogP contribution in [0, 0.1) is 11.3 Å². The summed E-state index contributed by atoms with van der Waals surface area (Å²) in [7, 11) is 1.91. The summed E-state index contributed by atoms with van der Waals surface area (Å²) in [5.41, 5.74) is 1.95. The molecule has 0 unspecified atom stereocenters. The highest BCUT2D eigenvalue weighted by Gasteiger charge is 2.03. The molecule has 3 heteroatoms. The molecule has 1 rings (SSSR count). The van der Waals surface area contributed by atoms with Gasteiger partial charge in [0.15, 0.2) is 0 Å². The summed E-state index contributed by atoms with van der Waals surface area (Å²) in [6, 6.07) is 8.35. The SMILES string of the molecule is CCCSc1ccc(CNC)cc1C#N. The monoisotopic (exact) mass is 220 g/mol. The van der Waals surface area contributed by atoms with E-state index in [0.717, 1.165) is 34.7 Å². The van der Waals surface area contributed by atoms with E-state index in [1.165, 1.54) is 0 Å². The number of hydrogen-bond acceptors (Lipinski definition) is 3. The number of rotatable bonds is 5. The summed E-state index contributed by atoms with van der Waals surface area (Å²) in [6.07, 6.45) is 1.13. The molecule has 0 aliphatic heterocycles. The lowest BCUT2D eigenvalue weighted by molar-refractivity contribution is 0.816. The smallest absolute Gasteiger partial charge is 0.100 e. The molecule has 0 aliphatic rings. The Morgan fingerprint density at radius 1 is 1.47 bits per heavy atom. The molecule has 0 spiro atoms. The summed E-state index contributed by atoms with van der Waals surface area (Å²) in [5, 5.41) is 12.1. The Bertz CT molecular complexity index is 355. The molecule has 1 aromatic carbocycles. The van der Waals surface area contributed by atoms with Crippen LogP contribution >= 0.6 is 11.8 Å². The molecule has 1 aromatic rings. The second-order valence-corrected chi connectivity index (χ2v) is 4.46. The van der Waals surface area contributed by atoms with Gasteiger partial charge < -0.3 is 5.32 Å². The summed E-state index contributed by atoms with van der Waals surface area (Å²) in [4.78, 5) is 1.10. The Balaban J connectivity index is 2.84. The fourth-order valence-electron chi connectivity index (χ4n) is 1.32. The maximum absolute atomic E-state index is 9.03. The molecule has 0 saturated carbocycles. The third-order valence-electron chi connectivity index (χ3n) is 2.01. The highest BCUT2D eigenvalue weighted by molar-refractivity contribution is 7.99. The molecule has 0 bridgehead atoms. The van der Waals surface area contributed by atoms with Gasteiger partial charge in [0.05, 0.1) is 5.56 Å². The van der Waals surface area contributed by atoms with Crippen molar-refractivity contribution in [3.05, 3.63) is 29.3 Å². The number of thioether (sulfide) groups is 1. The van der Waals surface area contributed by atoms with Crippen molar-refractivity contribution in [1.82, 2.24) is 5.32 Å². The van der Waals surface area contributed by atoms with E-state index < -0.39 is 0 Å². The van der Waals surface area contributed by atoms with Crippen LogP contribution in [0.25, 0.3) is 0 Å². The molecule has 0 radical (unpaired) electrons. The predicted molar refractivity (Wildman–Crippen MR) is 64.9 cm³/mol. The summed E-state index contributed by atoms with van der Waals surface area (Å²) >= 11 is 1.76. The molecular weight excluding hydrogens is 204 g/mol. The molecule has 0 atom stereocenters. The van der Waals surface area contributed by atoms with Gasteiger partial charge in [0.2, 0.25) is 0 Å². The van der Waals surface area contributed by atoms with Crippen molar-refractivity contribution in [1.29, 1.82) is 5.26 Å². The van der Waals surface area contributed by atoms with Gasteiger partial charge in [0.1, 0.15) is 6.07 Å². The first kappa shape index (κ1) is 12.1. The van der Waals surface area contributed by atoms with Gasteiger partial charge in [-0.3, -0.25) is 0 Å². The van der Waals surface area contributed by atoms with E-state index in [-0.39, 0.29) is 0 Å². The van der Waals surface area contributed by atoms with Crippen LogP contribution in [0.2, 0.25) is 0 Å². The first-order chi connectivity index (χ1) is 7.31. The first-order valence-corrected chi connectivity index (χ1v) is 6.10. The first-order valence-electron chi connectivity index (χ1n) is 5.12. The quantitative estimate of drug-likeness (QED) is 0.775. The second-order valence-electron chi connectivity index (χ2n) is 3.32. The van der Waals surface area contributed by atoms with Crippen LogP contribution in [0.3, 0.4) is 0 Å². The molecule has 1 N–H and O–H groups in total. The van der Waals surface area contributed by atoms with Crippen LogP contribution in [0.1, 0.15) is 24.5 Å². The van der Waals surface area contributed by atoms with Crippen molar-refractivity contribution >= 4 is 11.8 Å². The summed E-state index contributed by atoms with van der Waals surface area (Å²) in [6.45, 7) is 2.96. The topological polar surface area (TPSA) is 35.8 Å². The van der Waals surface area contributed by atoms with Gasteiger partial charge in [0, 0.05) is 11.4 Å². The number of nitriles is 1. The summed E-state index contributed by atoms with van der Waals surface area (Å²) < 4.78 is 0. The van der Waals surface area contributed by atoms with Crippen molar-refractivity contribution < 1.29 is 0 Å². The lowest BCUT2D eigenvalue weighted by Crippen LogP contribution is -2.05. The van der Waals surface area contributed by atoms with E-state index in [4.69, 9.17) is 5.26 Å². The van der Waals surface area contributed by atoms with E-state index >= 15 is 0 Å². The van der Waals surface area contributed by atoms with Crippen LogP contribution in [-0.2, 0) is 6.54 Å². The van der Waals surface area contributed by atoms with Gasteiger partial charge in [0.25, 0.3) is 0 Å². The Labute approximate surface area is 95.7 Å². The molecule has 80 valence electrons. The molecule has 0 aliphatic carbocycles. The second kappa shape index (κ2) is 6.49. The van der Waals surface area contributed by atoms with E-state index in [2.05, 4.69) is 24.4 Å². The number of hydrogen-bond donors (Lipinski definition) is 1. The average Bonchev–Trinajstić information content (AvgIpc) is 2.27. The third-order valence-corrected chi connectivity index (χ3v) is 3.29. The van der Waals surface area contributed by atoms with Gasteiger partial charge in [-0.1, -0.05) is 13.0 Å². The molecule has 0 heterocycles. The standard InChI is InChI=1S/C12H16N2S/c1-3-6-15-12-5-4-10(9-14-2)7-11(12)8-13/h4-5,7,14H,3,6,9H2,1-2H3. The zero-order chi connectivity index (χ0) is 11.1. The normalized spacial score (nSPS) is 9.93. The van der Waals surface area contributed by atoms with Gasteiger partial charge >= 0.3 is 0 Å². The number of benzene rings is 1. The lowest BCUT2D eigenvalue weighted by atomic mass is 10.1. The van der Waals surface area contributed by atoms with Gasteiger partial charge in [-0.15, -0.1) is 11.8 Å². The van der Waals surface area contributed by atoms with Crippen molar-refractivity contribution in [3.63, 3.8) is 0 Å². The van der Waals surface area contributed by atoms with E-state index in [0.29, 0.717) is 0 Å². The molecule has 0 fully saturated rings. The molecule has 2 nitrogen and oxygen atoms in total.